The largest absolute Gasteiger partial charge is 0.435 e. The van der Waals surface area contributed by atoms with Gasteiger partial charge in [0.1, 0.15) is 4.88 Å². The number of hydrogen-bond acceptors (Lipinski definition) is 4. The minimum Gasteiger partial charge on any atom is -0.320 e. The highest BCUT2D eigenvalue weighted by molar-refractivity contribution is 7.14. The van der Waals surface area contributed by atoms with Gasteiger partial charge in [0.2, 0.25) is 0 Å². The Morgan fingerprint density at radius 3 is 2.58 bits per heavy atom. The molecule has 1 unspecified atom stereocenters. The molecular formula is C16H19F3N2OS2. The Morgan fingerprint density at radius 1 is 1.33 bits per heavy atom. The number of aryl methyl sites for hydroxylation is 1. The summed E-state index contributed by atoms with van der Waals surface area (Å²) in [6, 6.07) is 1.73. The first-order valence-electron chi connectivity index (χ1n) is 7.53. The van der Waals surface area contributed by atoms with Gasteiger partial charge in [-0.25, -0.2) is 4.98 Å². The van der Waals surface area contributed by atoms with Crippen LogP contribution in [-0.4, -0.2) is 10.9 Å². The van der Waals surface area contributed by atoms with Gasteiger partial charge in [0.05, 0.1) is 10.7 Å². The third-order valence-corrected chi connectivity index (χ3v) is 5.54. The molecule has 2 rings (SSSR count). The molecule has 0 spiro atoms. The molecule has 132 valence electrons. The molecule has 8 heteroatoms. The van der Waals surface area contributed by atoms with Crippen LogP contribution in [-0.2, 0) is 6.18 Å². The second kappa shape index (κ2) is 7.23. The summed E-state index contributed by atoms with van der Waals surface area (Å²) in [7, 11) is 0. The molecule has 2 aromatic heterocycles. The van der Waals surface area contributed by atoms with Gasteiger partial charge in [0.15, 0.2) is 5.69 Å². The van der Waals surface area contributed by atoms with Crippen LogP contribution >= 0.6 is 22.7 Å². The van der Waals surface area contributed by atoms with E-state index in [4.69, 9.17) is 0 Å². The number of alkyl halides is 3. The average Bonchev–Trinajstić information content (AvgIpc) is 3.03. The molecule has 2 heterocycles. The summed E-state index contributed by atoms with van der Waals surface area (Å²) in [5.41, 5.74) is -0.535. The second-order valence-corrected chi connectivity index (χ2v) is 8.24. The van der Waals surface area contributed by atoms with Crippen LogP contribution in [0, 0.1) is 12.8 Å². The summed E-state index contributed by atoms with van der Waals surface area (Å²) in [4.78, 5) is 16.4. The summed E-state index contributed by atoms with van der Waals surface area (Å²) < 4.78 is 39.1. The molecule has 3 nitrogen and oxygen atoms in total. The van der Waals surface area contributed by atoms with Crippen molar-refractivity contribution in [2.45, 2.75) is 46.2 Å². The summed E-state index contributed by atoms with van der Waals surface area (Å²) in [6.07, 6.45) is -3.70. The molecule has 1 N–H and O–H groups in total. The first-order chi connectivity index (χ1) is 11.1. The maximum atomic E-state index is 13.0. The third kappa shape index (κ3) is 4.36. The molecule has 24 heavy (non-hydrogen) atoms. The number of anilines is 1. The van der Waals surface area contributed by atoms with Gasteiger partial charge < -0.3 is 5.32 Å². The van der Waals surface area contributed by atoms with Gasteiger partial charge in [-0.3, -0.25) is 4.79 Å². The van der Waals surface area contributed by atoms with E-state index in [0.717, 1.165) is 22.6 Å². The number of carbonyl (C=O) groups is 1. The Hall–Kier alpha value is -1.41. The lowest BCUT2D eigenvalue weighted by Gasteiger charge is -2.15. The van der Waals surface area contributed by atoms with Crippen molar-refractivity contribution < 1.29 is 18.0 Å². The van der Waals surface area contributed by atoms with Crippen molar-refractivity contribution in [1.29, 1.82) is 0 Å². The number of nitrogens with one attached hydrogen (secondary N) is 1. The van der Waals surface area contributed by atoms with Crippen molar-refractivity contribution in [2.24, 2.45) is 5.92 Å². The summed E-state index contributed by atoms with van der Waals surface area (Å²) in [5, 5.41) is 4.68. The first-order valence-corrected chi connectivity index (χ1v) is 9.22. The van der Waals surface area contributed by atoms with E-state index >= 15 is 0 Å². The van der Waals surface area contributed by atoms with Crippen molar-refractivity contribution in [1.82, 2.24) is 4.98 Å². The first kappa shape index (κ1) is 18.9. The third-order valence-electron chi connectivity index (χ3n) is 3.42. The Balaban J connectivity index is 2.25. The maximum absolute atomic E-state index is 13.0. The lowest BCUT2D eigenvalue weighted by atomic mass is 9.97. The van der Waals surface area contributed by atoms with Crippen molar-refractivity contribution in [3.63, 3.8) is 0 Å². The molecule has 2 aromatic rings. The van der Waals surface area contributed by atoms with E-state index in [1.165, 1.54) is 18.3 Å². The number of hydrogen-bond donors (Lipinski definition) is 1. The number of amides is 1. The van der Waals surface area contributed by atoms with Crippen LogP contribution in [0.15, 0.2) is 11.4 Å². The highest BCUT2D eigenvalue weighted by Crippen LogP contribution is 2.37. The fraction of sp³-hybridized carbons (Fsp3) is 0.500. The van der Waals surface area contributed by atoms with Crippen LogP contribution in [0.3, 0.4) is 0 Å². The van der Waals surface area contributed by atoms with Crippen molar-refractivity contribution >= 4 is 34.3 Å². The number of carbonyl (C=O) groups excluding carboxylic acids is 1. The monoisotopic (exact) mass is 376 g/mol. The van der Waals surface area contributed by atoms with Gasteiger partial charge in [-0.05, 0) is 36.6 Å². The molecule has 1 amide bonds. The summed E-state index contributed by atoms with van der Waals surface area (Å²) in [5.74, 6) is -0.0402. The number of thiazole rings is 1. The predicted octanol–water partition coefficient (Wildman–Crippen LogP) is 5.93. The molecule has 0 aromatic carbocycles. The SMILES string of the molecule is Cc1nc(C(F)(F)F)c(C(=O)Nc2ccsc2C(C)CC(C)C)s1. The van der Waals surface area contributed by atoms with Crippen LogP contribution in [0.4, 0.5) is 18.9 Å². The molecule has 0 saturated heterocycles. The van der Waals surface area contributed by atoms with Gasteiger partial charge >= 0.3 is 6.18 Å². The maximum Gasteiger partial charge on any atom is 0.435 e. The normalized spacial score (nSPS) is 13.3. The molecule has 1 atom stereocenters. The zero-order valence-corrected chi connectivity index (χ0v) is 15.5. The van der Waals surface area contributed by atoms with E-state index in [9.17, 15) is 18.0 Å². The molecule has 0 radical (unpaired) electrons. The van der Waals surface area contributed by atoms with E-state index in [1.54, 1.807) is 6.07 Å². The zero-order valence-electron chi connectivity index (χ0n) is 13.8. The lowest BCUT2D eigenvalue weighted by Crippen LogP contribution is -2.17. The van der Waals surface area contributed by atoms with Gasteiger partial charge in [-0.2, -0.15) is 13.2 Å². The fourth-order valence-electron chi connectivity index (χ4n) is 2.57. The summed E-state index contributed by atoms with van der Waals surface area (Å²) in [6.45, 7) is 7.73. The molecule has 0 aliphatic carbocycles. The molecule has 0 fully saturated rings. The number of halogens is 3. The summed E-state index contributed by atoms with van der Waals surface area (Å²) >= 11 is 2.26. The Morgan fingerprint density at radius 2 is 2.00 bits per heavy atom. The molecule has 0 aliphatic heterocycles. The van der Waals surface area contributed by atoms with Gasteiger partial charge in [0.25, 0.3) is 5.91 Å². The minimum atomic E-state index is -4.64. The standard InChI is InChI=1S/C16H19F3N2OS2/c1-8(2)7-9(3)12-11(5-6-23-12)21-15(22)13-14(16(17,18)19)20-10(4)24-13/h5-6,8-9H,7H2,1-4H3,(H,21,22). The number of aromatic nitrogens is 1. The van der Waals surface area contributed by atoms with E-state index in [1.807, 2.05) is 5.38 Å². The topological polar surface area (TPSA) is 42.0 Å². The van der Waals surface area contributed by atoms with E-state index < -0.39 is 22.7 Å². The quantitative estimate of drug-likeness (QED) is 0.702. The second-order valence-electron chi connectivity index (χ2n) is 6.09. The van der Waals surface area contributed by atoms with Crippen LogP contribution in [0.1, 0.15) is 58.4 Å². The molecular weight excluding hydrogens is 357 g/mol. The highest BCUT2D eigenvalue weighted by atomic mass is 32.1. The smallest absolute Gasteiger partial charge is 0.320 e. The fourth-order valence-corrected chi connectivity index (χ4v) is 4.33. The van der Waals surface area contributed by atoms with E-state index in [-0.39, 0.29) is 10.9 Å². The van der Waals surface area contributed by atoms with Gasteiger partial charge in [-0.1, -0.05) is 20.8 Å². The highest BCUT2D eigenvalue weighted by Gasteiger charge is 2.39. The van der Waals surface area contributed by atoms with Gasteiger partial charge in [0, 0.05) is 4.88 Å². The molecule has 0 aliphatic rings. The van der Waals surface area contributed by atoms with Crippen LogP contribution in [0.5, 0.6) is 0 Å². The van der Waals surface area contributed by atoms with E-state index in [0.29, 0.717) is 11.6 Å². The van der Waals surface area contributed by atoms with Crippen LogP contribution in [0.25, 0.3) is 0 Å². The van der Waals surface area contributed by atoms with E-state index in [2.05, 4.69) is 31.1 Å². The number of thiophene rings is 1. The van der Waals surface area contributed by atoms with Crippen molar-refractivity contribution in [2.75, 3.05) is 5.32 Å². The predicted molar refractivity (Wildman–Crippen MR) is 92.0 cm³/mol. The average molecular weight is 376 g/mol. The van der Waals surface area contributed by atoms with Crippen molar-refractivity contribution in [3.8, 4) is 0 Å². The minimum absolute atomic E-state index is 0.214. The molecule has 0 bridgehead atoms. The van der Waals surface area contributed by atoms with Crippen LogP contribution < -0.4 is 5.32 Å². The van der Waals surface area contributed by atoms with Crippen LogP contribution in [0.2, 0.25) is 0 Å². The Labute approximate surface area is 146 Å². The van der Waals surface area contributed by atoms with Crippen molar-refractivity contribution in [3.05, 3.63) is 31.9 Å². The van der Waals surface area contributed by atoms with Gasteiger partial charge in [-0.15, -0.1) is 22.7 Å². The zero-order chi connectivity index (χ0) is 18.1. The number of nitrogens with zero attached hydrogens (tertiary/aromatic N) is 1. The number of rotatable bonds is 5. The Bertz CT molecular complexity index is 719. The lowest BCUT2D eigenvalue weighted by molar-refractivity contribution is -0.141. The molecule has 0 saturated carbocycles. The Kier molecular flexibility index (Phi) is 5.70.